The zero-order chi connectivity index (χ0) is 15.1. The first-order chi connectivity index (χ1) is 9.27. The lowest BCUT2D eigenvalue weighted by Gasteiger charge is -2.16. The molecule has 20 heavy (non-hydrogen) atoms. The van der Waals surface area contributed by atoms with Gasteiger partial charge in [-0.3, -0.25) is 0 Å². The predicted octanol–water partition coefficient (Wildman–Crippen LogP) is 2.83. The molecule has 3 atom stereocenters. The molecular weight excluding hydrogens is 286 g/mol. The largest absolute Gasteiger partial charge is 0.385 e. The van der Waals surface area contributed by atoms with Gasteiger partial charge in [-0.05, 0) is 23.6 Å². The van der Waals surface area contributed by atoms with Crippen LogP contribution in [0.2, 0.25) is 0 Å². The third-order valence-corrected chi connectivity index (χ3v) is 4.82. The van der Waals surface area contributed by atoms with Crippen molar-refractivity contribution in [1.82, 2.24) is 0 Å². The highest BCUT2D eigenvalue weighted by molar-refractivity contribution is 7.90. The number of sulfone groups is 1. The van der Waals surface area contributed by atoms with Gasteiger partial charge in [0.2, 0.25) is 0 Å². The van der Waals surface area contributed by atoms with Crippen LogP contribution in [-0.2, 0) is 16.3 Å². The van der Waals surface area contributed by atoms with E-state index in [9.17, 15) is 22.3 Å². The van der Waals surface area contributed by atoms with E-state index in [-0.39, 0.29) is 23.3 Å². The first kappa shape index (κ1) is 15.4. The molecule has 1 aromatic rings. The van der Waals surface area contributed by atoms with Crippen molar-refractivity contribution in [2.75, 3.05) is 6.26 Å². The van der Waals surface area contributed by atoms with Crippen molar-refractivity contribution in [3.63, 3.8) is 0 Å². The lowest BCUT2D eigenvalue weighted by molar-refractivity contribution is 0.0907. The van der Waals surface area contributed by atoms with Gasteiger partial charge in [-0.25, -0.2) is 17.2 Å². The monoisotopic (exact) mass is 304 g/mol. The SMILES string of the molecule is CCC[C@@H](F)c1ccc(S(C)(=O)=O)c2c1C[C@@H](F)[C@H]2O. The summed E-state index contributed by atoms with van der Waals surface area (Å²) in [4.78, 5) is -0.104. The fourth-order valence-electron chi connectivity index (χ4n) is 2.73. The first-order valence-electron chi connectivity index (χ1n) is 6.59. The third-order valence-electron chi connectivity index (χ3n) is 3.67. The molecule has 112 valence electrons. The lowest BCUT2D eigenvalue weighted by atomic mass is 9.97. The van der Waals surface area contributed by atoms with Gasteiger partial charge in [-0.15, -0.1) is 0 Å². The van der Waals surface area contributed by atoms with Gasteiger partial charge in [-0.2, -0.15) is 0 Å². The molecule has 3 nitrogen and oxygen atoms in total. The Bertz CT molecular complexity index is 613. The molecule has 6 heteroatoms. The molecule has 0 saturated carbocycles. The van der Waals surface area contributed by atoms with Gasteiger partial charge in [0, 0.05) is 18.2 Å². The Morgan fingerprint density at radius 3 is 2.65 bits per heavy atom. The predicted molar refractivity (Wildman–Crippen MR) is 71.9 cm³/mol. The van der Waals surface area contributed by atoms with Crippen molar-refractivity contribution in [3.8, 4) is 0 Å². The smallest absolute Gasteiger partial charge is 0.175 e. The fraction of sp³-hybridized carbons (Fsp3) is 0.571. The van der Waals surface area contributed by atoms with Crippen LogP contribution in [0.25, 0.3) is 0 Å². The van der Waals surface area contributed by atoms with Crippen molar-refractivity contribution in [2.45, 2.75) is 49.5 Å². The molecule has 0 bridgehead atoms. The minimum atomic E-state index is -3.59. The number of halogens is 2. The van der Waals surface area contributed by atoms with Crippen molar-refractivity contribution in [2.24, 2.45) is 0 Å². The van der Waals surface area contributed by atoms with Gasteiger partial charge in [0.15, 0.2) is 9.84 Å². The second-order valence-corrected chi connectivity index (χ2v) is 7.22. The second-order valence-electron chi connectivity index (χ2n) is 5.24. The minimum absolute atomic E-state index is 0.0382. The van der Waals surface area contributed by atoms with Crippen LogP contribution in [0.15, 0.2) is 17.0 Å². The minimum Gasteiger partial charge on any atom is -0.385 e. The fourth-order valence-corrected chi connectivity index (χ4v) is 3.68. The van der Waals surface area contributed by atoms with Crippen LogP contribution in [0.5, 0.6) is 0 Å². The molecule has 0 aromatic heterocycles. The van der Waals surface area contributed by atoms with E-state index in [2.05, 4.69) is 0 Å². The van der Waals surface area contributed by atoms with Crippen molar-refractivity contribution < 1.29 is 22.3 Å². The second kappa shape index (κ2) is 5.41. The van der Waals surface area contributed by atoms with Crippen LogP contribution in [0.3, 0.4) is 0 Å². The molecule has 0 saturated heterocycles. The molecule has 0 aliphatic heterocycles. The molecule has 1 aliphatic carbocycles. The molecule has 1 N–H and O–H groups in total. The summed E-state index contributed by atoms with van der Waals surface area (Å²) in [6.07, 6.45) is -2.56. The van der Waals surface area contributed by atoms with E-state index in [1.54, 1.807) is 0 Å². The Morgan fingerprint density at radius 2 is 2.10 bits per heavy atom. The molecule has 1 aliphatic rings. The Labute approximate surface area is 117 Å². The van der Waals surface area contributed by atoms with Crippen molar-refractivity contribution in [1.29, 1.82) is 0 Å². The Hall–Kier alpha value is -1.01. The summed E-state index contributed by atoms with van der Waals surface area (Å²) in [6, 6.07) is 2.67. The summed E-state index contributed by atoms with van der Waals surface area (Å²) >= 11 is 0. The molecule has 0 fully saturated rings. The van der Waals surface area contributed by atoms with E-state index in [1.165, 1.54) is 12.1 Å². The number of aliphatic hydroxyl groups is 1. The van der Waals surface area contributed by atoms with Crippen molar-refractivity contribution >= 4 is 9.84 Å². The molecule has 0 spiro atoms. The first-order valence-corrected chi connectivity index (χ1v) is 8.48. The van der Waals surface area contributed by atoms with Gasteiger partial charge in [0.1, 0.15) is 18.4 Å². The summed E-state index contributed by atoms with van der Waals surface area (Å²) in [6.45, 7) is 1.84. The molecule has 2 rings (SSSR count). The lowest BCUT2D eigenvalue weighted by Crippen LogP contribution is -2.10. The van der Waals surface area contributed by atoms with E-state index in [0.29, 0.717) is 17.5 Å². The molecular formula is C14H18F2O3S. The van der Waals surface area contributed by atoms with Crippen LogP contribution < -0.4 is 0 Å². The molecule has 1 aromatic carbocycles. The van der Waals surface area contributed by atoms with Crippen LogP contribution in [-0.4, -0.2) is 26.0 Å². The number of aliphatic hydroxyl groups excluding tert-OH is 1. The van der Waals surface area contributed by atoms with Gasteiger partial charge in [0.05, 0.1) is 4.90 Å². The molecule has 0 heterocycles. The maximum Gasteiger partial charge on any atom is 0.175 e. The number of hydrogen-bond donors (Lipinski definition) is 1. The van der Waals surface area contributed by atoms with E-state index in [0.717, 1.165) is 6.26 Å². The van der Waals surface area contributed by atoms with E-state index in [1.807, 2.05) is 6.92 Å². The topological polar surface area (TPSA) is 54.4 Å². The van der Waals surface area contributed by atoms with Crippen LogP contribution >= 0.6 is 0 Å². The molecule has 0 amide bonds. The van der Waals surface area contributed by atoms with E-state index >= 15 is 0 Å². The summed E-state index contributed by atoms with van der Waals surface area (Å²) in [5, 5.41) is 9.87. The van der Waals surface area contributed by atoms with E-state index in [4.69, 9.17) is 0 Å². The highest BCUT2D eigenvalue weighted by Gasteiger charge is 2.38. The van der Waals surface area contributed by atoms with Crippen LogP contribution in [0.4, 0.5) is 8.78 Å². The number of benzene rings is 1. The van der Waals surface area contributed by atoms with Gasteiger partial charge in [0.25, 0.3) is 0 Å². The van der Waals surface area contributed by atoms with Gasteiger partial charge < -0.3 is 5.11 Å². The Morgan fingerprint density at radius 1 is 1.45 bits per heavy atom. The summed E-state index contributed by atoms with van der Waals surface area (Å²) in [7, 11) is -3.59. The third kappa shape index (κ3) is 2.59. The summed E-state index contributed by atoms with van der Waals surface area (Å²) in [5.41, 5.74) is 0.651. The number of hydrogen-bond acceptors (Lipinski definition) is 3. The van der Waals surface area contributed by atoms with E-state index < -0.39 is 28.3 Å². The van der Waals surface area contributed by atoms with Crippen LogP contribution in [0, 0.1) is 0 Å². The van der Waals surface area contributed by atoms with Gasteiger partial charge in [-0.1, -0.05) is 19.4 Å². The molecule has 0 unspecified atom stereocenters. The zero-order valence-electron chi connectivity index (χ0n) is 11.4. The molecule has 0 radical (unpaired) electrons. The Balaban J connectivity index is 2.63. The van der Waals surface area contributed by atoms with Crippen LogP contribution in [0.1, 0.15) is 48.7 Å². The standard InChI is InChI=1S/C14H18F2O3S/c1-3-4-10(15)8-5-6-12(20(2,18)19)13-9(8)7-11(16)14(13)17/h5-6,10-11,14,17H,3-4,7H2,1-2H3/t10-,11-,14-/m1/s1. The number of fused-ring (bicyclic) bond motifs is 1. The van der Waals surface area contributed by atoms with Gasteiger partial charge >= 0.3 is 0 Å². The maximum absolute atomic E-state index is 14.1. The Kier molecular flexibility index (Phi) is 4.16. The maximum atomic E-state index is 14.1. The zero-order valence-corrected chi connectivity index (χ0v) is 12.3. The summed E-state index contributed by atoms with van der Waals surface area (Å²) in [5.74, 6) is 0. The highest BCUT2D eigenvalue weighted by atomic mass is 32.2. The number of rotatable bonds is 4. The highest BCUT2D eigenvalue weighted by Crippen LogP contribution is 2.42. The average molecular weight is 304 g/mol. The normalized spacial score (nSPS) is 23.6. The number of alkyl halides is 2. The quantitative estimate of drug-likeness (QED) is 0.930. The summed E-state index contributed by atoms with van der Waals surface area (Å²) < 4.78 is 51.3. The average Bonchev–Trinajstić information content (AvgIpc) is 2.64. The van der Waals surface area contributed by atoms with Crippen molar-refractivity contribution in [3.05, 3.63) is 28.8 Å².